The van der Waals surface area contributed by atoms with Crippen LogP contribution in [0.2, 0.25) is 15.1 Å². The maximum Gasteiger partial charge on any atom is 0.335 e. The zero-order valence-corrected chi connectivity index (χ0v) is 22.9. The van der Waals surface area contributed by atoms with Crippen molar-refractivity contribution in [1.82, 2.24) is 5.32 Å². The first kappa shape index (κ1) is 28.9. The number of carbonyl (C=O) groups excluding carboxylic acids is 4. The van der Waals surface area contributed by atoms with Crippen LogP contribution in [-0.4, -0.2) is 37.0 Å². The summed E-state index contributed by atoms with van der Waals surface area (Å²) in [6.45, 7) is 1.47. The van der Waals surface area contributed by atoms with Crippen molar-refractivity contribution in [2.24, 2.45) is 0 Å². The standard InChI is InChI=1S/C27H19Cl3FN3O6/c1-2-39-22-11-14(10-21(30)24(22)40-13-23(35)32-16-5-3-15(31)4-6-16)9-18-25(36)33-27(38)34(26(18)37)17-7-8-19(28)20(29)12-17/h3-12H,2,13H2,1H3,(H,32,35)(H,33,36,38)/b18-9-. The molecule has 0 unspecified atom stereocenters. The molecule has 0 aromatic heterocycles. The molecule has 13 heteroatoms. The molecule has 40 heavy (non-hydrogen) atoms. The third kappa shape index (κ3) is 6.53. The molecule has 5 amide bonds. The molecule has 206 valence electrons. The monoisotopic (exact) mass is 605 g/mol. The number of rotatable bonds is 8. The van der Waals surface area contributed by atoms with Gasteiger partial charge in [-0.15, -0.1) is 0 Å². The number of nitrogens with one attached hydrogen (secondary N) is 2. The molecular formula is C27H19Cl3FN3O6. The van der Waals surface area contributed by atoms with Crippen LogP contribution >= 0.6 is 34.8 Å². The summed E-state index contributed by atoms with van der Waals surface area (Å²) in [4.78, 5) is 51.3. The summed E-state index contributed by atoms with van der Waals surface area (Å²) < 4.78 is 24.3. The van der Waals surface area contributed by atoms with Gasteiger partial charge in [0.25, 0.3) is 17.7 Å². The van der Waals surface area contributed by atoms with E-state index in [1.54, 1.807) is 6.92 Å². The van der Waals surface area contributed by atoms with Crippen molar-refractivity contribution in [2.75, 3.05) is 23.4 Å². The Labute approximate surface area is 242 Å². The number of nitrogens with zero attached hydrogens (tertiary/aromatic N) is 1. The smallest absolute Gasteiger partial charge is 0.335 e. The van der Waals surface area contributed by atoms with Gasteiger partial charge in [0, 0.05) is 5.69 Å². The van der Waals surface area contributed by atoms with E-state index in [1.165, 1.54) is 60.7 Å². The lowest BCUT2D eigenvalue weighted by Crippen LogP contribution is -2.54. The number of halogens is 4. The van der Waals surface area contributed by atoms with E-state index in [4.69, 9.17) is 44.3 Å². The highest BCUT2D eigenvalue weighted by atomic mass is 35.5. The van der Waals surface area contributed by atoms with E-state index < -0.39 is 36.2 Å². The number of anilines is 2. The highest BCUT2D eigenvalue weighted by Gasteiger charge is 2.37. The van der Waals surface area contributed by atoms with Gasteiger partial charge in [0.2, 0.25) is 0 Å². The quantitative estimate of drug-likeness (QED) is 0.245. The lowest BCUT2D eigenvalue weighted by Gasteiger charge is -2.26. The second-order valence-corrected chi connectivity index (χ2v) is 9.38. The fourth-order valence-corrected chi connectivity index (χ4v) is 4.19. The van der Waals surface area contributed by atoms with Gasteiger partial charge in [-0.2, -0.15) is 0 Å². The largest absolute Gasteiger partial charge is 0.490 e. The Morgan fingerprint density at radius 1 is 0.975 bits per heavy atom. The van der Waals surface area contributed by atoms with E-state index in [2.05, 4.69) is 10.6 Å². The molecule has 0 atom stereocenters. The molecule has 9 nitrogen and oxygen atoms in total. The molecule has 3 aromatic carbocycles. The minimum Gasteiger partial charge on any atom is -0.490 e. The minimum atomic E-state index is -0.957. The zero-order valence-electron chi connectivity index (χ0n) is 20.6. The van der Waals surface area contributed by atoms with Crippen molar-refractivity contribution >= 4 is 76.0 Å². The lowest BCUT2D eigenvalue weighted by atomic mass is 10.1. The van der Waals surface area contributed by atoms with Gasteiger partial charge < -0.3 is 14.8 Å². The van der Waals surface area contributed by atoms with E-state index in [0.29, 0.717) is 5.69 Å². The van der Waals surface area contributed by atoms with Gasteiger partial charge in [0.05, 0.1) is 27.4 Å². The van der Waals surface area contributed by atoms with Crippen LogP contribution < -0.4 is 25.0 Å². The number of benzene rings is 3. The molecule has 4 rings (SSSR count). The molecule has 3 aromatic rings. The highest BCUT2D eigenvalue weighted by Crippen LogP contribution is 2.38. The van der Waals surface area contributed by atoms with Gasteiger partial charge in [-0.3, -0.25) is 19.7 Å². The van der Waals surface area contributed by atoms with Gasteiger partial charge in [-0.25, -0.2) is 14.1 Å². The second kappa shape index (κ2) is 12.4. The van der Waals surface area contributed by atoms with Gasteiger partial charge in [0.1, 0.15) is 11.4 Å². The minimum absolute atomic E-state index is 0.0217. The normalized spacial score (nSPS) is 14.3. The molecule has 1 heterocycles. The Morgan fingerprint density at radius 3 is 2.38 bits per heavy atom. The maximum atomic E-state index is 13.2. The Morgan fingerprint density at radius 2 is 1.70 bits per heavy atom. The number of carbonyl (C=O) groups is 4. The first-order valence-electron chi connectivity index (χ1n) is 11.6. The Kier molecular flexibility index (Phi) is 8.93. The topological polar surface area (TPSA) is 114 Å². The lowest BCUT2D eigenvalue weighted by molar-refractivity contribution is -0.122. The summed E-state index contributed by atoms with van der Waals surface area (Å²) >= 11 is 18.4. The fraction of sp³-hybridized carbons (Fsp3) is 0.111. The molecule has 0 saturated carbocycles. The highest BCUT2D eigenvalue weighted by molar-refractivity contribution is 6.43. The van der Waals surface area contributed by atoms with E-state index >= 15 is 0 Å². The van der Waals surface area contributed by atoms with Crippen molar-refractivity contribution in [3.05, 3.63) is 86.6 Å². The summed E-state index contributed by atoms with van der Waals surface area (Å²) in [7, 11) is 0. The number of amides is 5. The maximum absolute atomic E-state index is 13.2. The molecule has 2 N–H and O–H groups in total. The number of urea groups is 1. The van der Waals surface area contributed by atoms with Crippen molar-refractivity contribution in [3.63, 3.8) is 0 Å². The molecular weight excluding hydrogens is 588 g/mol. The fourth-order valence-electron chi connectivity index (χ4n) is 3.63. The van der Waals surface area contributed by atoms with E-state index in [1.807, 2.05) is 0 Å². The summed E-state index contributed by atoms with van der Waals surface area (Å²) in [6, 6.07) is 11.2. The number of imide groups is 2. The third-order valence-electron chi connectivity index (χ3n) is 5.38. The zero-order chi connectivity index (χ0) is 29.0. The van der Waals surface area contributed by atoms with Gasteiger partial charge >= 0.3 is 6.03 Å². The SMILES string of the molecule is CCOc1cc(/C=C2/C(=O)NC(=O)N(c3ccc(Cl)c(Cl)c3)C2=O)cc(Cl)c1OCC(=O)Nc1ccc(F)cc1. The van der Waals surface area contributed by atoms with Crippen LogP contribution in [0.4, 0.5) is 20.6 Å². The van der Waals surface area contributed by atoms with Crippen LogP contribution in [0, 0.1) is 5.82 Å². The number of barbiturate groups is 1. The summed E-state index contributed by atoms with van der Waals surface area (Å²) in [5.41, 5.74) is 0.387. The van der Waals surface area contributed by atoms with E-state index in [-0.39, 0.29) is 50.0 Å². The van der Waals surface area contributed by atoms with Crippen LogP contribution in [0.1, 0.15) is 12.5 Å². The van der Waals surface area contributed by atoms with E-state index in [0.717, 1.165) is 4.90 Å². The molecule has 1 fully saturated rings. The van der Waals surface area contributed by atoms with Crippen LogP contribution in [0.25, 0.3) is 6.08 Å². The second-order valence-electron chi connectivity index (χ2n) is 8.16. The summed E-state index contributed by atoms with van der Waals surface area (Å²) in [5, 5.41) is 5.02. The third-order valence-corrected chi connectivity index (χ3v) is 6.40. The molecule has 1 saturated heterocycles. The summed E-state index contributed by atoms with van der Waals surface area (Å²) in [5.74, 6) is -2.62. The van der Waals surface area contributed by atoms with Crippen LogP contribution in [0.15, 0.2) is 60.2 Å². The average Bonchev–Trinajstić information content (AvgIpc) is 2.89. The van der Waals surface area contributed by atoms with Crippen LogP contribution in [0.5, 0.6) is 11.5 Å². The molecule has 0 radical (unpaired) electrons. The Bertz CT molecular complexity index is 1550. The van der Waals surface area contributed by atoms with Crippen molar-refractivity contribution < 1.29 is 33.0 Å². The number of hydrogen-bond acceptors (Lipinski definition) is 6. The Balaban J connectivity index is 1.58. The predicted octanol–water partition coefficient (Wildman–Crippen LogP) is 5.87. The Hall–Kier alpha value is -4.12. The summed E-state index contributed by atoms with van der Waals surface area (Å²) in [6.07, 6.45) is 1.23. The molecule has 0 spiro atoms. The molecule has 1 aliphatic heterocycles. The van der Waals surface area contributed by atoms with Crippen LogP contribution in [0.3, 0.4) is 0 Å². The van der Waals surface area contributed by atoms with Gasteiger partial charge in [0.15, 0.2) is 18.1 Å². The predicted molar refractivity (Wildman–Crippen MR) is 149 cm³/mol. The first-order chi connectivity index (χ1) is 19.1. The van der Waals surface area contributed by atoms with Crippen LogP contribution in [-0.2, 0) is 14.4 Å². The van der Waals surface area contributed by atoms with Gasteiger partial charge in [-0.05, 0) is 73.2 Å². The average molecular weight is 607 g/mol. The van der Waals surface area contributed by atoms with Crippen molar-refractivity contribution in [2.45, 2.75) is 6.92 Å². The molecule has 0 bridgehead atoms. The van der Waals surface area contributed by atoms with Crippen molar-refractivity contribution in [1.29, 1.82) is 0 Å². The first-order valence-corrected chi connectivity index (χ1v) is 12.7. The number of ether oxygens (including phenoxy) is 2. The van der Waals surface area contributed by atoms with Gasteiger partial charge in [-0.1, -0.05) is 34.8 Å². The molecule has 0 aliphatic carbocycles. The molecule has 1 aliphatic rings. The number of hydrogen-bond donors (Lipinski definition) is 2. The van der Waals surface area contributed by atoms with E-state index in [9.17, 15) is 23.6 Å². The van der Waals surface area contributed by atoms with Crippen molar-refractivity contribution in [3.8, 4) is 11.5 Å².